The van der Waals surface area contributed by atoms with Gasteiger partial charge in [0, 0.05) is 12.7 Å². The van der Waals surface area contributed by atoms with Gasteiger partial charge in [-0.25, -0.2) is 4.98 Å². The first-order valence-corrected chi connectivity index (χ1v) is 4.36. The maximum absolute atomic E-state index is 9.28. The number of aliphatic hydroxyl groups excluding tert-OH is 1. The number of nitrogens with two attached hydrogens (primary N) is 1. The van der Waals surface area contributed by atoms with Gasteiger partial charge in [-0.3, -0.25) is 0 Å². The second-order valence-corrected chi connectivity index (χ2v) is 2.88. The van der Waals surface area contributed by atoms with Crippen molar-refractivity contribution in [3.05, 3.63) is 18.3 Å². The molecule has 0 radical (unpaired) electrons. The van der Waals surface area contributed by atoms with Crippen LogP contribution in [0.1, 0.15) is 13.3 Å². The monoisotopic (exact) mass is 181 g/mol. The molecule has 4 nitrogen and oxygen atoms in total. The Hall–Kier alpha value is -1.29. The number of pyridine rings is 1. The van der Waals surface area contributed by atoms with Gasteiger partial charge < -0.3 is 16.2 Å². The molecule has 0 spiro atoms. The zero-order valence-electron chi connectivity index (χ0n) is 7.70. The van der Waals surface area contributed by atoms with Crippen molar-refractivity contribution in [1.29, 1.82) is 0 Å². The summed E-state index contributed by atoms with van der Waals surface area (Å²) in [6, 6.07) is 3.55. The van der Waals surface area contributed by atoms with Crippen molar-refractivity contribution in [2.75, 3.05) is 17.6 Å². The Kier molecular flexibility index (Phi) is 3.52. The molecule has 0 aliphatic heterocycles. The number of hydrogen-bond donors (Lipinski definition) is 3. The lowest BCUT2D eigenvalue weighted by atomic mass is 10.3. The fourth-order valence-electron chi connectivity index (χ4n) is 0.924. The van der Waals surface area contributed by atoms with E-state index in [2.05, 4.69) is 10.3 Å². The maximum Gasteiger partial charge on any atom is 0.149 e. The van der Waals surface area contributed by atoms with Crippen LogP contribution in [0.3, 0.4) is 0 Å². The molecule has 1 rings (SSSR count). The van der Waals surface area contributed by atoms with Crippen LogP contribution < -0.4 is 11.1 Å². The van der Waals surface area contributed by atoms with Crippen LogP contribution in [-0.4, -0.2) is 22.7 Å². The number of hydrogen-bond acceptors (Lipinski definition) is 4. The van der Waals surface area contributed by atoms with Gasteiger partial charge in [0.05, 0.1) is 11.8 Å². The van der Waals surface area contributed by atoms with E-state index in [1.54, 1.807) is 18.3 Å². The van der Waals surface area contributed by atoms with Crippen LogP contribution in [0, 0.1) is 0 Å². The number of nitrogens with zero attached hydrogens (tertiary/aromatic N) is 1. The number of aliphatic hydroxyl groups is 1. The number of anilines is 2. The van der Waals surface area contributed by atoms with Crippen molar-refractivity contribution in [1.82, 2.24) is 4.98 Å². The van der Waals surface area contributed by atoms with E-state index in [0.717, 1.165) is 6.42 Å². The summed E-state index contributed by atoms with van der Waals surface area (Å²) >= 11 is 0. The minimum atomic E-state index is -0.346. The predicted octanol–water partition coefficient (Wildman–Crippen LogP) is 0.847. The van der Waals surface area contributed by atoms with Crippen LogP contribution in [0.4, 0.5) is 11.5 Å². The molecule has 4 heteroatoms. The van der Waals surface area contributed by atoms with Gasteiger partial charge in [0.1, 0.15) is 5.82 Å². The molecule has 0 aliphatic carbocycles. The number of nitrogen functional groups attached to an aromatic ring is 1. The van der Waals surface area contributed by atoms with Crippen molar-refractivity contribution in [3.8, 4) is 0 Å². The molecular formula is C9H15N3O. The molecule has 4 N–H and O–H groups in total. The third-order valence-electron chi connectivity index (χ3n) is 1.82. The van der Waals surface area contributed by atoms with E-state index in [9.17, 15) is 5.11 Å². The van der Waals surface area contributed by atoms with Gasteiger partial charge in [0.15, 0.2) is 0 Å². The molecule has 1 aromatic rings. The second kappa shape index (κ2) is 4.67. The smallest absolute Gasteiger partial charge is 0.149 e. The molecule has 72 valence electrons. The van der Waals surface area contributed by atoms with Gasteiger partial charge in [0.25, 0.3) is 0 Å². The van der Waals surface area contributed by atoms with Gasteiger partial charge in [0.2, 0.25) is 0 Å². The highest BCUT2D eigenvalue weighted by molar-refractivity contribution is 5.60. The van der Waals surface area contributed by atoms with Crippen molar-refractivity contribution in [3.63, 3.8) is 0 Å². The highest BCUT2D eigenvalue weighted by Crippen LogP contribution is 2.12. The number of rotatable bonds is 4. The van der Waals surface area contributed by atoms with E-state index in [0.29, 0.717) is 18.1 Å². The summed E-state index contributed by atoms with van der Waals surface area (Å²) in [5, 5.41) is 12.3. The van der Waals surface area contributed by atoms with Crippen LogP contribution in [-0.2, 0) is 0 Å². The van der Waals surface area contributed by atoms with Gasteiger partial charge in [-0.05, 0) is 18.6 Å². The van der Waals surface area contributed by atoms with Crippen LogP contribution in [0.2, 0.25) is 0 Å². The summed E-state index contributed by atoms with van der Waals surface area (Å²) < 4.78 is 0. The molecule has 0 amide bonds. The van der Waals surface area contributed by atoms with Crippen molar-refractivity contribution in [2.24, 2.45) is 0 Å². The Morgan fingerprint density at radius 2 is 2.46 bits per heavy atom. The Balaban J connectivity index is 2.50. The molecule has 0 saturated carbocycles. The fraction of sp³-hybridized carbons (Fsp3) is 0.444. The largest absolute Gasteiger partial charge is 0.396 e. The maximum atomic E-state index is 9.28. The molecule has 1 atom stereocenters. The zero-order valence-corrected chi connectivity index (χ0v) is 7.70. The summed E-state index contributed by atoms with van der Waals surface area (Å²) in [4.78, 5) is 4.04. The Morgan fingerprint density at radius 1 is 1.69 bits per heavy atom. The second-order valence-electron chi connectivity index (χ2n) is 2.88. The lowest BCUT2D eigenvalue weighted by Crippen LogP contribution is -2.19. The Bertz CT molecular complexity index is 265. The van der Waals surface area contributed by atoms with E-state index in [1.165, 1.54) is 0 Å². The summed E-state index contributed by atoms with van der Waals surface area (Å²) in [6.07, 6.45) is 2.04. The third kappa shape index (κ3) is 2.91. The molecule has 0 bridgehead atoms. The minimum absolute atomic E-state index is 0.346. The summed E-state index contributed by atoms with van der Waals surface area (Å²) in [5.74, 6) is 0.634. The SMILES string of the molecule is CCC(O)CNc1ncccc1N. The molecule has 0 aliphatic rings. The molecule has 0 aromatic carbocycles. The van der Waals surface area contributed by atoms with E-state index < -0.39 is 0 Å². The van der Waals surface area contributed by atoms with E-state index >= 15 is 0 Å². The fourth-order valence-corrected chi connectivity index (χ4v) is 0.924. The van der Waals surface area contributed by atoms with Gasteiger partial charge in [-0.15, -0.1) is 0 Å². The molecule has 13 heavy (non-hydrogen) atoms. The normalized spacial score (nSPS) is 12.5. The van der Waals surface area contributed by atoms with E-state index in [1.807, 2.05) is 6.92 Å². The van der Waals surface area contributed by atoms with Gasteiger partial charge in [-0.2, -0.15) is 0 Å². The standard InChI is InChI=1S/C9H15N3O/c1-2-7(13)6-12-9-8(10)4-3-5-11-9/h3-5,7,13H,2,6,10H2,1H3,(H,11,12). The number of nitrogens with one attached hydrogen (secondary N) is 1. The highest BCUT2D eigenvalue weighted by atomic mass is 16.3. The predicted molar refractivity (Wildman–Crippen MR) is 53.4 cm³/mol. The van der Waals surface area contributed by atoms with Crippen molar-refractivity contribution in [2.45, 2.75) is 19.4 Å². The first kappa shape index (κ1) is 9.80. The van der Waals surface area contributed by atoms with Gasteiger partial charge in [-0.1, -0.05) is 6.92 Å². The van der Waals surface area contributed by atoms with Crippen molar-refractivity contribution < 1.29 is 5.11 Å². The quantitative estimate of drug-likeness (QED) is 0.644. The summed E-state index contributed by atoms with van der Waals surface area (Å²) in [7, 11) is 0. The van der Waals surface area contributed by atoms with Crippen LogP contribution in [0.25, 0.3) is 0 Å². The third-order valence-corrected chi connectivity index (χ3v) is 1.82. The van der Waals surface area contributed by atoms with E-state index in [4.69, 9.17) is 5.73 Å². The Labute approximate surface area is 77.8 Å². The molecule has 1 unspecified atom stereocenters. The lowest BCUT2D eigenvalue weighted by molar-refractivity contribution is 0.183. The topological polar surface area (TPSA) is 71.2 Å². The lowest BCUT2D eigenvalue weighted by Gasteiger charge is -2.10. The Morgan fingerprint density at radius 3 is 3.08 bits per heavy atom. The van der Waals surface area contributed by atoms with Gasteiger partial charge >= 0.3 is 0 Å². The first-order valence-electron chi connectivity index (χ1n) is 4.36. The van der Waals surface area contributed by atoms with Crippen molar-refractivity contribution >= 4 is 11.5 Å². The molecular weight excluding hydrogens is 166 g/mol. The zero-order chi connectivity index (χ0) is 9.68. The first-order chi connectivity index (χ1) is 6.24. The molecule has 0 fully saturated rings. The molecule has 1 aromatic heterocycles. The average Bonchev–Trinajstić information content (AvgIpc) is 2.16. The molecule has 1 heterocycles. The van der Waals surface area contributed by atoms with E-state index in [-0.39, 0.29) is 6.10 Å². The van der Waals surface area contributed by atoms with Crippen LogP contribution in [0.15, 0.2) is 18.3 Å². The van der Waals surface area contributed by atoms with Crippen LogP contribution >= 0.6 is 0 Å². The van der Waals surface area contributed by atoms with Crippen LogP contribution in [0.5, 0.6) is 0 Å². The number of aromatic nitrogens is 1. The summed E-state index contributed by atoms with van der Waals surface area (Å²) in [5.41, 5.74) is 6.24. The average molecular weight is 181 g/mol. The highest BCUT2D eigenvalue weighted by Gasteiger charge is 2.02. The molecule has 0 saturated heterocycles. The minimum Gasteiger partial charge on any atom is -0.396 e. The summed E-state index contributed by atoms with van der Waals surface area (Å²) in [6.45, 7) is 2.41.